The summed E-state index contributed by atoms with van der Waals surface area (Å²) in [5, 5.41) is 17.5. The molecule has 1 aliphatic carbocycles. The van der Waals surface area contributed by atoms with E-state index in [1.54, 1.807) is 38.0 Å². The van der Waals surface area contributed by atoms with Crippen molar-refractivity contribution in [3.8, 4) is 23.0 Å². The predicted octanol–water partition coefficient (Wildman–Crippen LogP) is 4.27. The summed E-state index contributed by atoms with van der Waals surface area (Å²) in [5.74, 6) is 1.30. The molecule has 1 aliphatic rings. The van der Waals surface area contributed by atoms with Gasteiger partial charge in [-0.1, -0.05) is 12.1 Å². The molecule has 0 aliphatic heterocycles. The quantitative estimate of drug-likeness (QED) is 0.465. The normalized spacial score (nSPS) is 14.6. The van der Waals surface area contributed by atoms with Gasteiger partial charge in [-0.15, -0.1) is 0 Å². The number of hydrogen-bond acceptors (Lipinski definition) is 6. The number of nitrogens with one attached hydrogen (secondary N) is 1. The average molecular weight is 464 g/mol. The number of aliphatic hydroxyl groups is 1. The van der Waals surface area contributed by atoms with Gasteiger partial charge < -0.3 is 15.2 Å². The van der Waals surface area contributed by atoms with Crippen molar-refractivity contribution in [2.45, 2.75) is 70.4 Å². The molecule has 0 radical (unpaired) electrons. The van der Waals surface area contributed by atoms with Gasteiger partial charge >= 0.3 is 0 Å². The number of nitrogens with zero attached hydrogens (tertiary/aromatic N) is 4. The highest BCUT2D eigenvalue weighted by Crippen LogP contribution is 2.42. The first-order valence-electron chi connectivity index (χ1n) is 11.8. The number of methoxy groups -OCH3 is 1. The lowest BCUT2D eigenvalue weighted by Crippen LogP contribution is -2.33. The van der Waals surface area contributed by atoms with Crippen molar-refractivity contribution in [1.82, 2.24) is 25.1 Å². The molecule has 0 bridgehead atoms. The number of carbonyl (C=O) groups is 1. The van der Waals surface area contributed by atoms with Crippen molar-refractivity contribution < 1.29 is 14.6 Å². The molecule has 0 saturated heterocycles. The van der Waals surface area contributed by atoms with Gasteiger partial charge in [-0.05, 0) is 71.1 Å². The fourth-order valence-electron chi connectivity index (χ4n) is 4.11. The zero-order valence-electron chi connectivity index (χ0n) is 20.3. The minimum Gasteiger partial charge on any atom is -0.496 e. The fraction of sp³-hybridized carbons (Fsp3) is 0.462. The maximum Gasteiger partial charge on any atom is 0.254 e. The summed E-state index contributed by atoms with van der Waals surface area (Å²) in [6.07, 6.45) is 7.67. The first-order valence-corrected chi connectivity index (χ1v) is 11.8. The summed E-state index contributed by atoms with van der Waals surface area (Å²) in [5.41, 5.74) is 2.33. The minimum absolute atomic E-state index is 0.00428. The first-order chi connectivity index (χ1) is 16.3. The molecule has 1 atom stereocenters. The molecule has 8 nitrogen and oxygen atoms in total. The van der Waals surface area contributed by atoms with Gasteiger partial charge in [0.1, 0.15) is 5.75 Å². The number of aromatic nitrogens is 4. The molecule has 1 saturated carbocycles. The molecule has 8 heteroatoms. The van der Waals surface area contributed by atoms with Crippen molar-refractivity contribution in [3.63, 3.8) is 0 Å². The van der Waals surface area contributed by atoms with Gasteiger partial charge in [-0.2, -0.15) is 5.10 Å². The summed E-state index contributed by atoms with van der Waals surface area (Å²) < 4.78 is 7.19. The van der Waals surface area contributed by atoms with Crippen molar-refractivity contribution in [1.29, 1.82) is 0 Å². The summed E-state index contributed by atoms with van der Waals surface area (Å²) in [6.45, 7) is 5.60. The Bertz CT molecular complexity index is 1150. The van der Waals surface area contributed by atoms with Crippen LogP contribution in [-0.2, 0) is 0 Å². The lowest BCUT2D eigenvalue weighted by Gasteiger charge is -2.19. The zero-order chi connectivity index (χ0) is 24.3. The second-order valence-electron chi connectivity index (χ2n) is 9.65. The molecule has 1 amide bonds. The van der Waals surface area contributed by atoms with Crippen LogP contribution in [0.5, 0.6) is 5.75 Å². The second-order valence-corrected chi connectivity index (χ2v) is 9.65. The van der Waals surface area contributed by atoms with E-state index in [9.17, 15) is 9.90 Å². The Morgan fingerprint density at radius 3 is 2.76 bits per heavy atom. The minimum atomic E-state index is -0.692. The number of rotatable bonds is 10. The largest absolute Gasteiger partial charge is 0.496 e. The molecule has 1 fully saturated rings. The standard InChI is InChI=1S/C26H33N5O3/c1-17(8-7-14-26(2,3)33)29-24(32)20-16-28-31(23(20)18-11-12-18)25-27-15-13-21(30-25)19-9-5-6-10-22(19)34-4/h5-6,9-10,13,15-18,33H,7-8,11-12,14H2,1-4H3,(H,29,32). The predicted molar refractivity (Wildman–Crippen MR) is 130 cm³/mol. The van der Waals surface area contributed by atoms with Crippen LogP contribution in [0, 0.1) is 0 Å². The molecule has 1 aromatic carbocycles. The van der Waals surface area contributed by atoms with E-state index in [2.05, 4.69) is 15.4 Å². The van der Waals surface area contributed by atoms with Gasteiger partial charge in [0.15, 0.2) is 0 Å². The monoisotopic (exact) mass is 463 g/mol. The number of para-hydroxylation sites is 1. The lowest BCUT2D eigenvalue weighted by molar-refractivity contribution is 0.0674. The third kappa shape index (κ3) is 5.62. The Morgan fingerprint density at radius 1 is 1.29 bits per heavy atom. The van der Waals surface area contributed by atoms with Crippen molar-refractivity contribution in [3.05, 3.63) is 54.0 Å². The maximum absolute atomic E-state index is 13.1. The first kappa shape index (κ1) is 23.9. The molecule has 2 heterocycles. The van der Waals surface area contributed by atoms with Crippen LogP contribution in [0.3, 0.4) is 0 Å². The van der Waals surface area contributed by atoms with Crippen molar-refractivity contribution >= 4 is 5.91 Å². The third-order valence-corrected chi connectivity index (χ3v) is 6.03. The molecule has 3 aromatic rings. The number of carbonyl (C=O) groups excluding carboxylic acids is 1. The maximum atomic E-state index is 13.1. The Hall–Kier alpha value is -3.26. The van der Waals surface area contributed by atoms with Gasteiger partial charge in [0.2, 0.25) is 0 Å². The van der Waals surface area contributed by atoms with Crippen LogP contribution < -0.4 is 10.1 Å². The smallest absolute Gasteiger partial charge is 0.254 e. The SMILES string of the molecule is COc1ccccc1-c1ccnc(-n2ncc(C(=O)NC(C)CCCC(C)(C)O)c2C2CC2)n1. The molecular weight excluding hydrogens is 430 g/mol. The Morgan fingerprint density at radius 2 is 2.06 bits per heavy atom. The van der Waals surface area contributed by atoms with Crippen molar-refractivity contribution in [2.75, 3.05) is 7.11 Å². The number of benzene rings is 1. The van der Waals surface area contributed by atoms with Crippen LogP contribution in [-0.4, -0.2) is 49.5 Å². The van der Waals surface area contributed by atoms with Crippen LogP contribution in [0.25, 0.3) is 17.2 Å². The molecule has 2 aromatic heterocycles. The molecule has 34 heavy (non-hydrogen) atoms. The molecule has 0 spiro atoms. The van der Waals surface area contributed by atoms with Gasteiger partial charge in [0.05, 0.1) is 35.9 Å². The summed E-state index contributed by atoms with van der Waals surface area (Å²) >= 11 is 0. The molecule has 180 valence electrons. The van der Waals surface area contributed by atoms with E-state index in [1.165, 1.54) is 0 Å². The third-order valence-electron chi connectivity index (χ3n) is 6.03. The average Bonchev–Trinajstić information content (AvgIpc) is 3.55. The number of ether oxygens (including phenoxy) is 1. The van der Waals surface area contributed by atoms with Crippen molar-refractivity contribution in [2.24, 2.45) is 0 Å². The highest BCUT2D eigenvalue weighted by molar-refractivity contribution is 5.95. The fourth-order valence-corrected chi connectivity index (χ4v) is 4.11. The van der Waals surface area contributed by atoms with E-state index >= 15 is 0 Å². The van der Waals surface area contributed by atoms with E-state index in [1.807, 2.05) is 37.3 Å². The molecule has 2 N–H and O–H groups in total. The molecular formula is C26H33N5O3. The summed E-state index contributed by atoms with van der Waals surface area (Å²) in [4.78, 5) is 22.3. The van der Waals surface area contributed by atoms with E-state index in [-0.39, 0.29) is 17.9 Å². The van der Waals surface area contributed by atoms with Gasteiger partial charge in [0, 0.05) is 23.7 Å². The Labute approximate surface area is 200 Å². The van der Waals surface area contributed by atoms with E-state index in [0.717, 1.165) is 48.4 Å². The lowest BCUT2D eigenvalue weighted by atomic mass is 9.99. The molecule has 1 unspecified atom stereocenters. The highest BCUT2D eigenvalue weighted by atomic mass is 16.5. The van der Waals surface area contributed by atoms with Gasteiger partial charge in [0.25, 0.3) is 11.9 Å². The highest BCUT2D eigenvalue weighted by Gasteiger charge is 2.34. The van der Waals surface area contributed by atoms with E-state index in [4.69, 9.17) is 9.72 Å². The topological polar surface area (TPSA) is 102 Å². The van der Waals surface area contributed by atoms with Crippen LogP contribution >= 0.6 is 0 Å². The Kier molecular flexibility index (Phi) is 6.97. The second kappa shape index (κ2) is 9.93. The summed E-state index contributed by atoms with van der Waals surface area (Å²) in [6, 6.07) is 9.54. The van der Waals surface area contributed by atoms with E-state index in [0.29, 0.717) is 17.9 Å². The van der Waals surface area contributed by atoms with Crippen LogP contribution in [0.15, 0.2) is 42.7 Å². The van der Waals surface area contributed by atoms with Crippen LogP contribution in [0.4, 0.5) is 0 Å². The van der Waals surface area contributed by atoms with Crippen LogP contribution in [0.1, 0.15) is 74.8 Å². The van der Waals surface area contributed by atoms with Crippen LogP contribution in [0.2, 0.25) is 0 Å². The zero-order valence-corrected chi connectivity index (χ0v) is 20.3. The number of hydrogen-bond donors (Lipinski definition) is 2. The van der Waals surface area contributed by atoms with Gasteiger partial charge in [-0.3, -0.25) is 4.79 Å². The van der Waals surface area contributed by atoms with Gasteiger partial charge in [-0.25, -0.2) is 14.6 Å². The number of amides is 1. The Balaban J connectivity index is 1.56. The van der Waals surface area contributed by atoms with E-state index < -0.39 is 5.60 Å². The molecule has 4 rings (SSSR count). The summed E-state index contributed by atoms with van der Waals surface area (Å²) in [7, 11) is 1.64.